The lowest BCUT2D eigenvalue weighted by Gasteiger charge is -2.25. The highest BCUT2D eigenvalue weighted by molar-refractivity contribution is 5.66. The smallest absolute Gasteiger partial charge is 0.302 e. The Morgan fingerprint density at radius 1 is 0.703 bits per heavy atom. The molecular formula is C28H30O9. The summed E-state index contributed by atoms with van der Waals surface area (Å²) in [6, 6.07) is 17.2. The zero-order valence-corrected chi connectivity index (χ0v) is 20.9. The molecule has 3 aromatic carbocycles. The molecule has 9 heteroatoms. The summed E-state index contributed by atoms with van der Waals surface area (Å²) < 4.78 is 27.7. The summed E-state index contributed by atoms with van der Waals surface area (Å²) in [5.74, 6) is 0.624. The molecule has 196 valence electrons. The molecule has 37 heavy (non-hydrogen) atoms. The topological polar surface area (TPSA) is 121 Å². The third kappa shape index (κ3) is 7.96. The quantitative estimate of drug-likeness (QED) is 0.275. The molecule has 0 radical (unpaired) electrons. The van der Waals surface area contributed by atoms with Crippen LogP contribution in [0.4, 0.5) is 0 Å². The van der Waals surface area contributed by atoms with E-state index in [4.69, 9.17) is 23.7 Å². The maximum absolute atomic E-state index is 11.1. The van der Waals surface area contributed by atoms with Gasteiger partial charge < -0.3 is 33.9 Å². The summed E-state index contributed by atoms with van der Waals surface area (Å²) in [4.78, 5) is 22.2. The average molecular weight is 511 g/mol. The summed E-state index contributed by atoms with van der Waals surface area (Å²) in [5.41, 5.74) is 2.94. The fraction of sp³-hybridized carbons (Fsp3) is 0.286. The fourth-order valence-corrected chi connectivity index (χ4v) is 3.52. The highest BCUT2D eigenvalue weighted by atomic mass is 16.7. The van der Waals surface area contributed by atoms with E-state index < -0.39 is 6.29 Å². The van der Waals surface area contributed by atoms with Crippen molar-refractivity contribution < 1.29 is 43.5 Å². The first-order chi connectivity index (χ1) is 17.8. The Bertz CT molecular complexity index is 1100. The Morgan fingerprint density at radius 3 is 1.43 bits per heavy atom. The minimum Gasteiger partial charge on any atom is -0.497 e. The van der Waals surface area contributed by atoms with Crippen LogP contribution in [0.15, 0.2) is 60.7 Å². The summed E-state index contributed by atoms with van der Waals surface area (Å²) in [5, 5.41) is 20.2. The van der Waals surface area contributed by atoms with E-state index >= 15 is 0 Å². The van der Waals surface area contributed by atoms with Crippen molar-refractivity contribution in [3.63, 3.8) is 0 Å². The Kier molecular flexibility index (Phi) is 9.88. The molecule has 0 aliphatic heterocycles. The second-order valence-corrected chi connectivity index (χ2v) is 8.09. The van der Waals surface area contributed by atoms with E-state index in [2.05, 4.69) is 0 Å². The maximum atomic E-state index is 11.1. The lowest BCUT2D eigenvalue weighted by molar-refractivity contribution is -0.143. The van der Waals surface area contributed by atoms with Gasteiger partial charge in [0.2, 0.25) is 0 Å². The second kappa shape index (κ2) is 13.3. The van der Waals surface area contributed by atoms with Gasteiger partial charge in [-0.2, -0.15) is 0 Å². The number of benzene rings is 3. The molecule has 0 aliphatic rings. The van der Waals surface area contributed by atoms with Crippen molar-refractivity contribution in [1.29, 1.82) is 0 Å². The third-order valence-corrected chi connectivity index (χ3v) is 5.35. The SMILES string of the molecule is COc1cc(CO)c(C(Oc2ccc(COC(C)=O)cc2)Oc2ccc(COC(C)=O)cc2)c(CO)c1. The van der Waals surface area contributed by atoms with Crippen molar-refractivity contribution in [2.24, 2.45) is 0 Å². The Labute approximate surface area is 215 Å². The predicted octanol–water partition coefficient (Wildman–Crippen LogP) is 3.96. The molecule has 0 fully saturated rings. The van der Waals surface area contributed by atoms with Gasteiger partial charge in [-0.3, -0.25) is 9.59 Å². The van der Waals surface area contributed by atoms with Crippen molar-refractivity contribution in [2.75, 3.05) is 7.11 Å². The molecular weight excluding hydrogens is 480 g/mol. The average Bonchev–Trinajstić information content (AvgIpc) is 2.90. The van der Waals surface area contributed by atoms with Gasteiger partial charge in [-0.1, -0.05) is 24.3 Å². The number of esters is 2. The van der Waals surface area contributed by atoms with E-state index in [1.807, 2.05) is 0 Å². The molecule has 0 aliphatic carbocycles. The van der Waals surface area contributed by atoms with E-state index in [0.29, 0.717) is 33.9 Å². The van der Waals surface area contributed by atoms with E-state index in [-0.39, 0.29) is 38.4 Å². The zero-order valence-electron chi connectivity index (χ0n) is 20.9. The fourth-order valence-electron chi connectivity index (χ4n) is 3.52. The van der Waals surface area contributed by atoms with Crippen LogP contribution in [0.25, 0.3) is 0 Å². The van der Waals surface area contributed by atoms with Crippen molar-refractivity contribution in [1.82, 2.24) is 0 Å². The van der Waals surface area contributed by atoms with Crippen LogP contribution in [0.2, 0.25) is 0 Å². The van der Waals surface area contributed by atoms with Crippen molar-refractivity contribution in [2.45, 2.75) is 46.6 Å². The van der Waals surface area contributed by atoms with Crippen LogP contribution in [0.1, 0.15) is 48.0 Å². The number of aliphatic hydroxyl groups excluding tert-OH is 2. The number of rotatable bonds is 12. The largest absolute Gasteiger partial charge is 0.497 e. The van der Waals surface area contributed by atoms with Gasteiger partial charge in [-0.25, -0.2) is 0 Å². The Hall–Kier alpha value is -4.08. The highest BCUT2D eigenvalue weighted by Gasteiger charge is 2.24. The number of hydrogen-bond acceptors (Lipinski definition) is 9. The number of carbonyl (C=O) groups is 2. The van der Waals surface area contributed by atoms with Gasteiger partial charge in [0.05, 0.1) is 20.3 Å². The van der Waals surface area contributed by atoms with E-state index in [0.717, 1.165) is 11.1 Å². The summed E-state index contributed by atoms with van der Waals surface area (Å²) in [6.45, 7) is 2.27. The van der Waals surface area contributed by atoms with Gasteiger partial charge in [-0.15, -0.1) is 0 Å². The lowest BCUT2D eigenvalue weighted by atomic mass is 10.00. The molecule has 0 saturated heterocycles. The normalized spacial score (nSPS) is 10.6. The monoisotopic (exact) mass is 510 g/mol. The Balaban J connectivity index is 1.93. The summed E-state index contributed by atoms with van der Waals surface area (Å²) in [6.07, 6.45) is -1.05. The molecule has 0 saturated carbocycles. The molecule has 9 nitrogen and oxygen atoms in total. The maximum Gasteiger partial charge on any atom is 0.302 e. The first-order valence-electron chi connectivity index (χ1n) is 11.5. The Morgan fingerprint density at radius 2 is 1.11 bits per heavy atom. The van der Waals surface area contributed by atoms with Gasteiger partial charge in [0, 0.05) is 19.4 Å². The zero-order chi connectivity index (χ0) is 26.8. The molecule has 0 bridgehead atoms. The summed E-state index contributed by atoms with van der Waals surface area (Å²) in [7, 11) is 1.50. The molecule has 0 spiro atoms. The van der Waals surface area contributed by atoms with Gasteiger partial charge in [-0.05, 0) is 58.7 Å². The van der Waals surface area contributed by atoms with Crippen LogP contribution in [-0.4, -0.2) is 29.3 Å². The number of hydrogen-bond donors (Lipinski definition) is 2. The molecule has 0 heterocycles. The van der Waals surface area contributed by atoms with E-state index in [1.54, 1.807) is 60.7 Å². The molecule has 0 aromatic heterocycles. The van der Waals surface area contributed by atoms with Crippen molar-refractivity contribution in [3.05, 3.63) is 88.5 Å². The number of methoxy groups -OCH3 is 1. The highest BCUT2D eigenvalue weighted by Crippen LogP contribution is 2.33. The molecule has 3 aromatic rings. The summed E-state index contributed by atoms with van der Waals surface area (Å²) >= 11 is 0. The molecule has 0 amide bonds. The van der Waals surface area contributed by atoms with Crippen LogP contribution in [0.5, 0.6) is 17.2 Å². The lowest BCUT2D eigenvalue weighted by Crippen LogP contribution is -2.19. The molecule has 2 N–H and O–H groups in total. The first-order valence-corrected chi connectivity index (χ1v) is 11.5. The van der Waals surface area contributed by atoms with Gasteiger partial charge >= 0.3 is 11.9 Å². The van der Waals surface area contributed by atoms with Crippen LogP contribution in [0.3, 0.4) is 0 Å². The third-order valence-electron chi connectivity index (χ3n) is 5.35. The van der Waals surface area contributed by atoms with Gasteiger partial charge in [0.1, 0.15) is 30.5 Å². The van der Waals surface area contributed by atoms with Gasteiger partial charge in [0.15, 0.2) is 0 Å². The molecule has 3 rings (SSSR count). The van der Waals surface area contributed by atoms with Crippen LogP contribution >= 0.6 is 0 Å². The minimum absolute atomic E-state index is 0.136. The predicted molar refractivity (Wildman–Crippen MR) is 133 cm³/mol. The van der Waals surface area contributed by atoms with E-state index in [9.17, 15) is 19.8 Å². The van der Waals surface area contributed by atoms with Crippen LogP contribution in [0, 0.1) is 0 Å². The number of carbonyl (C=O) groups excluding carboxylic acids is 2. The molecule has 0 unspecified atom stereocenters. The van der Waals surface area contributed by atoms with Crippen molar-refractivity contribution >= 4 is 11.9 Å². The van der Waals surface area contributed by atoms with Crippen molar-refractivity contribution in [3.8, 4) is 17.2 Å². The van der Waals surface area contributed by atoms with Gasteiger partial charge in [0.25, 0.3) is 6.29 Å². The molecule has 0 atom stereocenters. The van der Waals surface area contributed by atoms with Crippen LogP contribution < -0.4 is 14.2 Å². The number of aliphatic hydroxyl groups is 2. The first kappa shape index (κ1) is 27.5. The minimum atomic E-state index is -1.05. The standard InChI is InChI=1S/C28H30O9/c1-18(31)34-16-20-4-8-24(9-5-20)36-28(27-22(14-29)12-26(33-3)13-23(27)15-30)37-25-10-6-21(7-11-25)17-35-19(2)32/h4-13,28-30H,14-17H2,1-3H3. The van der Waals surface area contributed by atoms with E-state index in [1.165, 1.54) is 21.0 Å². The second-order valence-electron chi connectivity index (χ2n) is 8.09. The number of ether oxygens (including phenoxy) is 5. The van der Waals surface area contributed by atoms with Crippen LogP contribution in [-0.2, 0) is 45.5 Å².